The van der Waals surface area contributed by atoms with Gasteiger partial charge in [-0.2, -0.15) is 0 Å². The van der Waals surface area contributed by atoms with Gasteiger partial charge in [0.05, 0.1) is 14.7 Å². The molecule has 13 heteroatoms. The number of amides is 1. The predicted molar refractivity (Wildman–Crippen MR) is 105 cm³/mol. The lowest BCUT2D eigenvalue weighted by molar-refractivity contribution is -0.385. The van der Waals surface area contributed by atoms with Crippen molar-refractivity contribution in [3.63, 3.8) is 0 Å². The Morgan fingerprint density at radius 2 is 1.76 bits per heavy atom. The van der Waals surface area contributed by atoms with Gasteiger partial charge >= 0.3 is 0 Å². The van der Waals surface area contributed by atoms with Gasteiger partial charge in [-0.15, -0.1) is 0 Å². The van der Waals surface area contributed by atoms with E-state index in [4.69, 9.17) is 11.6 Å². The fourth-order valence-corrected chi connectivity index (χ4v) is 4.22. The first-order chi connectivity index (χ1) is 13.4. The molecule has 0 fully saturated rings. The number of sulfonamides is 1. The molecule has 2 N–H and O–H groups in total. The topological polar surface area (TPSA) is 153 Å². The van der Waals surface area contributed by atoms with Crippen molar-refractivity contribution in [3.05, 3.63) is 63.2 Å². The summed E-state index contributed by atoms with van der Waals surface area (Å²) in [5, 5.41) is 13.6. The van der Waals surface area contributed by atoms with E-state index in [1.165, 1.54) is 24.3 Å². The molecule has 0 heterocycles. The van der Waals surface area contributed by atoms with E-state index >= 15 is 0 Å². The Morgan fingerprint density at radius 3 is 2.34 bits per heavy atom. The molecule has 0 unspecified atom stereocenters. The summed E-state index contributed by atoms with van der Waals surface area (Å²) in [4.78, 5) is 22.0. The molecule has 0 aliphatic rings. The van der Waals surface area contributed by atoms with Crippen LogP contribution in [0.3, 0.4) is 0 Å². The maximum atomic E-state index is 12.2. The fraction of sp³-hybridized carbons (Fsp3) is 0.188. The highest BCUT2D eigenvalue weighted by molar-refractivity contribution is 7.90. The SMILES string of the molecule is CS(=O)(=O)c1cc(C(=O)NCCNS(=O)(=O)c2cccc(Cl)c2)cc([N+](=O)[O-])c1. The van der Waals surface area contributed by atoms with Crippen molar-refractivity contribution >= 4 is 43.1 Å². The van der Waals surface area contributed by atoms with Gasteiger partial charge in [-0.1, -0.05) is 17.7 Å². The van der Waals surface area contributed by atoms with Crippen LogP contribution in [0.2, 0.25) is 5.02 Å². The lowest BCUT2D eigenvalue weighted by Gasteiger charge is -2.09. The number of nitrogens with one attached hydrogen (secondary N) is 2. The molecular weight excluding hydrogens is 446 g/mol. The molecule has 2 rings (SSSR count). The second kappa shape index (κ2) is 8.86. The number of nitrogens with zero attached hydrogens (tertiary/aromatic N) is 1. The van der Waals surface area contributed by atoms with Crippen molar-refractivity contribution in [2.24, 2.45) is 0 Å². The molecule has 1 amide bonds. The number of hydrogen-bond acceptors (Lipinski definition) is 7. The smallest absolute Gasteiger partial charge is 0.271 e. The number of carbonyl (C=O) groups excluding carboxylic acids is 1. The summed E-state index contributed by atoms with van der Waals surface area (Å²) in [6, 6.07) is 8.39. The van der Waals surface area contributed by atoms with Crippen LogP contribution in [-0.2, 0) is 19.9 Å². The van der Waals surface area contributed by atoms with E-state index < -0.39 is 36.4 Å². The van der Waals surface area contributed by atoms with E-state index in [2.05, 4.69) is 10.0 Å². The Kier molecular flexibility index (Phi) is 6.95. The van der Waals surface area contributed by atoms with Gasteiger partial charge in [0, 0.05) is 42.1 Å². The van der Waals surface area contributed by atoms with Crippen molar-refractivity contribution in [3.8, 4) is 0 Å². The van der Waals surface area contributed by atoms with Gasteiger partial charge < -0.3 is 5.32 Å². The zero-order valence-corrected chi connectivity index (χ0v) is 17.3. The summed E-state index contributed by atoms with van der Waals surface area (Å²) < 4.78 is 49.9. The van der Waals surface area contributed by atoms with Crippen LogP contribution in [0.5, 0.6) is 0 Å². The van der Waals surface area contributed by atoms with E-state index in [9.17, 15) is 31.7 Å². The largest absolute Gasteiger partial charge is 0.351 e. The molecule has 156 valence electrons. The molecule has 0 atom stereocenters. The molecule has 0 spiro atoms. The minimum absolute atomic E-state index is 0.0483. The van der Waals surface area contributed by atoms with E-state index in [0.717, 1.165) is 24.5 Å². The molecule has 0 aromatic heterocycles. The van der Waals surface area contributed by atoms with Crippen LogP contribution in [0.15, 0.2) is 52.3 Å². The lowest BCUT2D eigenvalue weighted by atomic mass is 10.2. The van der Waals surface area contributed by atoms with Gasteiger partial charge in [0.25, 0.3) is 11.6 Å². The van der Waals surface area contributed by atoms with Gasteiger partial charge in [-0.05, 0) is 24.3 Å². The Labute approximate surface area is 172 Å². The highest BCUT2D eigenvalue weighted by Crippen LogP contribution is 2.21. The van der Waals surface area contributed by atoms with E-state index in [1.54, 1.807) is 0 Å². The Morgan fingerprint density at radius 1 is 1.07 bits per heavy atom. The Hall–Kier alpha value is -2.54. The van der Waals surface area contributed by atoms with Gasteiger partial charge in [-0.25, -0.2) is 21.6 Å². The van der Waals surface area contributed by atoms with Gasteiger partial charge in [-0.3, -0.25) is 14.9 Å². The summed E-state index contributed by atoms with van der Waals surface area (Å²) in [6.07, 6.45) is 0.859. The van der Waals surface area contributed by atoms with E-state index in [0.29, 0.717) is 0 Å². The second-order valence-corrected chi connectivity index (χ2v) is 10.1. The zero-order valence-electron chi connectivity index (χ0n) is 15.0. The summed E-state index contributed by atoms with van der Waals surface area (Å²) in [5.41, 5.74) is -0.794. The van der Waals surface area contributed by atoms with Crippen LogP contribution in [0.25, 0.3) is 0 Å². The van der Waals surface area contributed by atoms with Gasteiger partial charge in [0.15, 0.2) is 9.84 Å². The van der Waals surface area contributed by atoms with Crippen LogP contribution >= 0.6 is 11.6 Å². The normalized spacial score (nSPS) is 11.8. The van der Waals surface area contributed by atoms with Crippen molar-refractivity contribution in [1.29, 1.82) is 0 Å². The molecule has 2 aromatic carbocycles. The second-order valence-electron chi connectivity index (χ2n) is 5.86. The molecule has 0 aliphatic heterocycles. The highest BCUT2D eigenvalue weighted by Gasteiger charge is 2.19. The van der Waals surface area contributed by atoms with Crippen molar-refractivity contribution in [2.45, 2.75) is 9.79 Å². The monoisotopic (exact) mass is 461 g/mol. The number of rotatable bonds is 8. The standard InChI is InChI=1S/C16H16ClN3O7S2/c1-28(24,25)15-8-11(7-13(10-15)20(22)23)16(21)18-5-6-19-29(26,27)14-4-2-3-12(17)9-14/h2-4,7-10,19H,5-6H2,1H3,(H,18,21). The number of nitro groups is 1. The van der Waals surface area contributed by atoms with Gasteiger partial charge in [0.2, 0.25) is 10.0 Å². The molecule has 2 aromatic rings. The third kappa shape index (κ3) is 6.22. The molecule has 0 radical (unpaired) electrons. The molecule has 0 aliphatic carbocycles. The van der Waals surface area contributed by atoms with Crippen molar-refractivity contribution < 1.29 is 26.6 Å². The summed E-state index contributed by atoms with van der Waals surface area (Å²) in [7, 11) is -7.62. The maximum absolute atomic E-state index is 12.2. The summed E-state index contributed by atoms with van der Waals surface area (Å²) in [5.74, 6) is -0.791. The Bertz CT molecular complexity index is 1160. The van der Waals surface area contributed by atoms with Crippen LogP contribution in [0.1, 0.15) is 10.4 Å². The first-order valence-electron chi connectivity index (χ1n) is 7.93. The molecule has 0 saturated heterocycles. The minimum Gasteiger partial charge on any atom is -0.351 e. The van der Waals surface area contributed by atoms with Crippen molar-refractivity contribution in [1.82, 2.24) is 10.0 Å². The van der Waals surface area contributed by atoms with Crippen LogP contribution in [0.4, 0.5) is 5.69 Å². The number of hydrogen-bond donors (Lipinski definition) is 2. The minimum atomic E-state index is -3.84. The number of halogens is 1. The quantitative estimate of drug-likeness (QED) is 0.342. The average Bonchev–Trinajstić information content (AvgIpc) is 2.64. The number of carbonyl (C=O) groups is 1. The number of benzene rings is 2. The first kappa shape index (κ1) is 22.7. The molecule has 29 heavy (non-hydrogen) atoms. The van der Waals surface area contributed by atoms with Crippen LogP contribution in [-0.4, -0.2) is 47.0 Å². The predicted octanol–water partition coefficient (Wildman–Crippen LogP) is 1.36. The summed E-state index contributed by atoms with van der Waals surface area (Å²) in [6.45, 7) is -0.315. The lowest BCUT2D eigenvalue weighted by Crippen LogP contribution is -2.34. The molecule has 0 saturated carbocycles. The van der Waals surface area contributed by atoms with Crippen LogP contribution in [0, 0.1) is 10.1 Å². The number of non-ortho nitro benzene ring substituents is 1. The van der Waals surface area contributed by atoms with E-state index in [1.807, 2.05) is 0 Å². The first-order valence-corrected chi connectivity index (χ1v) is 11.7. The van der Waals surface area contributed by atoms with E-state index in [-0.39, 0.29) is 33.5 Å². The third-order valence-electron chi connectivity index (χ3n) is 3.60. The van der Waals surface area contributed by atoms with Crippen LogP contribution < -0.4 is 10.0 Å². The number of sulfone groups is 1. The molecule has 10 nitrogen and oxygen atoms in total. The average molecular weight is 462 g/mol. The van der Waals surface area contributed by atoms with Crippen molar-refractivity contribution in [2.75, 3.05) is 19.3 Å². The third-order valence-corrected chi connectivity index (χ3v) is 6.39. The Balaban J connectivity index is 2.06. The zero-order chi connectivity index (χ0) is 21.8. The number of nitro benzene ring substituents is 1. The fourth-order valence-electron chi connectivity index (χ4n) is 2.21. The summed E-state index contributed by atoms with van der Waals surface area (Å²) >= 11 is 5.76. The highest BCUT2D eigenvalue weighted by atomic mass is 35.5. The van der Waals surface area contributed by atoms with Gasteiger partial charge in [0.1, 0.15) is 0 Å². The molecular formula is C16H16ClN3O7S2. The molecule has 0 bridgehead atoms. The maximum Gasteiger partial charge on any atom is 0.271 e.